The van der Waals surface area contributed by atoms with Crippen LogP contribution < -0.4 is 15.4 Å². The first-order valence-corrected chi connectivity index (χ1v) is 10.6. The summed E-state index contributed by atoms with van der Waals surface area (Å²) in [7, 11) is -3.77. The van der Waals surface area contributed by atoms with Gasteiger partial charge in [-0.2, -0.15) is 0 Å². The Balaban J connectivity index is 1.68. The summed E-state index contributed by atoms with van der Waals surface area (Å²) >= 11 is 7.00. The maximum atomic E-state index is 12.2. The molecule has 0 spiro atoms. The van der Waals surface area contributed by atoms with Crippen molar-refractivity contribution in [2.24, 2.45) is 0 Å². The average Bonchev–Trinajstić information content (AvgIpc) is 3.36. The minimum Gasteiger partial charge on any atom is -0.459 e. The second kappa shape index (κ2) is 8.57. The molecule has 3 N–H and O–H groups in total. The molecule has 0 saturated carbocycles. The van der Waals surface area contributed by atoms with Gasteiger partial charge in [-0.05, 0) is 41.8 Å². The molecule has 0 radical (unpaired) electrons. The van der Waals surface area contributed by atoms with Crippen molar-refractivity contribution in [2.75, 3.05) is 17.2 Å². The summed E-state index contributed by atoms with van der Waals surface area (Å²) in [5, 5.41) is 7.09. The lowest BCUT2D eigenvalue weighted by Gasteiger charge is -2.12. The highest BCUT2D eigenvalue weighted by Gasteiger charge is 2.18. The van der Waals surface area contributed by atoms with E-state index in [1.165, 1.54) is 36.6 Å². The van der Waals surface area contributed by atoms with Gasteiger partial charge < -0.3 is 15.1 Å². The SMILES string of the molecule is O=C(CNS(=O)(=O)c1cccs1)Nc1ccc(Cl)cc1NC(=O)c1ccco1. The molecule has 0 saturated heterocycles. The Morgan fingerprint density at radius 3 is 2.57 bits per heavy atom. The van der Waals surface area contributed by atoms with E-state index in [9.17, 15) is 18.0 Å². The molecule has 2 amide bonds. The van der Waals surface area contributed by atoms with E-state index in [0.717, 1.165) is 11.3 Å². The van der Waals surface area contributed by atoms with Crippen molar-refractivity contribution in [3.63, 3.8) is 0 Å². The Morgan fingerprint density at radius 2 is 1.89 bits per heavy atom. The number of furan rings is 1. The third kappa shape index (κ3) is 4.98. The van der Waals surface area contributed by atoms with E-state index in [-0.39, 0.29) is 21.3 Å². The standard InChI is InChI=1S/C17H14ClN3O5S2/c18-11-5-6-12(13(9-11)21-17(23)14-3-1-7-26-14)20-15(22)10-19-28(24,25)16-4-2-8-27-16/h1-9,19H,10H2,(H,20,22)(H,21,23). The number of benzene rings is 1. The van der Waals surface area contributed by atoms with Gasteiger partial charge in [0, 0.05) is 5.02 Å². The number of thiophene rings is 1. The lowest BCUT2D eigenvalue weighted by Crippen LogP contribution is -2.32. The van der Waals surface area contributed by atoms with Crippen molar-refractivity contribution < 1.29 is 22.4 Å². The highest BCUT2D eigenvalue weighted by molar-refractivity contribution is 7.91. The zero-order valence-corrected chi connectivity index (χ0v) is 16.5. The molecule has 146 valence electrons. The topological polar surface area (TPSA) is 118 Å². The van der Waals surface area contributed by atoms with E-state index in [1.807, 2.05) is 0 Å². The van der Waals surface area contributed by atoms with Gasteiger partial charge in [-0.1, -0.05) is 17.7 Å². The van der Waals surface area contributed by atoms with Gasteiger partial charge in [-0.3, -0.25) is 9.59 Å². The number of halogens is 1. The van der Waals surface area contributed by atoms with E-state index in [1.54, 1.807) is 17.5 Å². The first-order valence-electron chi connectivity index (χ1n) is 7.82. The summed E-state index contributed by atoms with van der Waals surface area (Å²) in [4.78, 5) is 24.3. The molecule has 0 fully saturated rings. The maximum absolute atomic E-state index is 12.2. The molecule has 3 rings (SSSR count). The molecule has 28 heavy (non-hydrogen) atoms. The molecule has 0 atom stereocenters. The van der Waals surface area contributed by atoms with Crippen LogP contribution in [0.2, 0.25) is 5.02 Å². The van der Waals surface area contributed by atoms with Crippen LogP contribution in [0.25, 0.3) is 0 Å². The average molecular weight is 440 g/mol. The summed E-state index contributed by atoms with van der Waals surface area (Å²) in [5.74, 6) is -1.06. The van der Waals surface area contributed by atoms with E-state index < -0.39 is 28.4 Å². The van der Waals surface area contributed by atoms with E-state index >= 15 is 0 Å². The first kappa shape index (κ1) is 20.1. The first-order chi connectivity index (χ1) is 13.3. The Labute approximate surface area is 169 Å². The molecule has 3 aromatic rings. The molecule has 8 nitrogen and oxygen atoms in total. The van der Waals surface area contributed by atoms with Gasteiger partial charge in [-0.15, -0.1) is 11.3 Å². The number of hydrogen-bond donors (Lipinski definition) is 3. The molecule has 0 bridgehead atoms. The van der Waals surface area contributed by atoms with Gasteiger partial charge in [0.1, 0.15) is 4.21 Å². The van der Waals surface area contributed by atoms with Crippen molar-refractivity contribution in [2.45, 2.75) is 4.21 Å². The fourth-order valence-electron chi connectivity index (χ4n) is 2.16. The molecule has 2 aromatic heterocycles. The van der Waals surface area contributed by atoms with Crippen LogP contribution in [0.5, 0.6) is 0 Å². The normalized spacial score (nSPS) is 11.2. The van der Waals surface area contributed by atoms with Gasteiger partial charge in [0.15, 0.2) is 5.76 Å². The number of carbonyl (C=O) groups excluding carboxylic acids is 2. The van der Waals surface area contributed by atoms with Crippen LogP contribution in [0, 0.1) is 0 Å². The lowest BCUT2D eigenvalue weighted by molar-refractivity contribution is -0.115. The summed E-state index contributed by atoms with van der Waals surface area (Å²) in [6.45, 7) is -0.478. The molecule has 0 unspecified atom stereocenters. The van der Waals surface area contributed by atoms with Crippen molar-refractivity contribution in [3.8, 4) is 0 Å². The van der Waals surface area contributed by atoms with Gasteiger partial charge in [0.2, 0.25) is 5.91 Å². The van der Waals surface area contributed by atoms with Crippen molar-refractivity contribution in [1.29, 1.82) is 0 Å². The van der Waals surface area contributed by atoms with Gasteiger partial charge in [0.25, 0.3) is 15.9 Å². The molecule has 0 aliphatic rings. The van der Waals surface area contributed by atoms with Crippen LogP contribution in [0.15, 0.2) is 62.7 Å². The number of nitrogens with one attached hydrogen (secondary N) is 3. The Hall–Kier alpha value is -2.66. The second-order valence-corrected chi connectivity index (χ2v) is 8.80. The summed E-state index contributed by atoms with van der Waals surface area (Å²) in [6.07, 6.45) is 1.36. The van der Waals surface area contributed by atoms with Crippen LogP contribution in [-0.4, -0.2) is 26.8 Å². The van der Waals surface area contributed by atoms with Crippen LogP contribution in [0.3, 0.4) is 0 Å². The molecule has 1 aromatic carbocycles. The Bertz CT molecular complexity index is 1080. The lowest BCUT2D eigenvalue weighted by atomic mass is 10.2. The van der Waals surface area contributed by atoms with Crippen molar-refractivity contribution >= 4 is 56.2 Å². The minimum atomic E-state index is -3.77. The fraction of sp³-hybridized carbons (Fsp3) is 0.0588. The molecular formula is C17H14ClN3O5S2. The van der Waals surface area contributed by atoms with Crippen LogP contribution in [-0.2, 0) is 14.8 Å². The summed E-state index contributed by atoms with van der Waals surface area (Å²) in [5.41, 5.74) is 0.494. The van der Waals surface area contributed by atoms with Gasteiger partial charge in [-0.25, -0.2) is 13.1 Å². The highest BCUT2D eigenvalue weighted by atomic mass is 35.5. The van der Waals surface area contributed by atoms with E-state index in [4.69, 9.17) is 16.0 Å². The number of rotatable bonds is 7. The molecule has 0 aliphatic heterocycles. The Kier molecular flexibility index (Phi) is 6.15. The fourth-order valence-corrected chi connectivity index (χ4v) is 4.35. The smallest absolute Gasteiger partial charge is 0.291 e. The number of carbonyl (C=O) groups is 2. The van der Waals surface area contributed by atoms with E-state index in [2.05, 4.69) is 15.4 Å². The predicted octanol–water partition coefficient (Wildman–Crippen LogP) is 3.16. The second-order valence-electron chi connectivity index (χ2n) is 5.43. The maximum Gasteiger partial charge on any atom is 0.291 e. The quantitative estimate of drug-likeness (QED) is 0.522. The van der Waals surface area contributed by atoms with E-state index in [0.29, 0.717) is 5.02 Å². The monoisotopic (exact) mass is 439 g/mol. The number of amides is 2. The third-order valence-electron chi connectivity index (χ3n) is 3.43. The number of sulfonamides is 1. The largest absolute Gasteiger partial charge is 0.459 e. The van der Waals surface area contributed by atoms with Gasteiger partial charge >= 0.3 is 0 Å². The minimum absolute atomic E-state index is 0.0842. The third-order valence-corrected chi connectivity index (χ3v) is 6.47. The van der Waals surface area contributed by atoms with Gasteiger partial charge in [0.05, 0.1) is 24.2 Å². The zero-order valence-electron chi connectivity index (χ0n) is 14.1. The number of anilines is 2. The summed E-state index contributed by atoms with van der Waals surface area (Å²) < 4.78 is 31.5. The predicted molar refractivity (Wildman–Crippen MR) is 106 cm³/mol. The zero-order chi connectivity index (χ0) is 20.1. The molecular weight excluding hydrogens is 426 g/mol. The highest BCUT2D eigenvalue weighted by Crippen LogP contribution is 2.26. The van der Waals surface area contributed by atoms with Crippen molar-refractivity contribution in [3.05, 3.63) is 64.9 Å². The summed E-state index contributed by atoms with van der Waals surface area (Å²) in [6, 6.07) is 10.6. The van der Waals surface area contributed by atoms with Crippen molar-refractivity contribution in [1.82, 2.24) is 4.72 Å². The molecule has 2 heterocycles. The van der Waals surface area contributed by atoms with Crippen LogP contribution in [0.1, 0.15) is 10.6 Å². The number of hydrogen-bond acceptors (Lipinski definition) is 6. The molecule has 11 heteroatoms. The van der Waals surface area contributed by atoms with Crippen LogP contribution in [0.4, 0.5) is 11.4 Å². The molecule has 0 aliphatic carbocycles. The van der Waals surface area contributed by atoms with Crippen LogP contribution >= 0.6 is 22.9 Å². The Morgan fingerprint density at radius 1 is 1.07 bits per heavy atom.